The van der Waals surface area contributed by atoms with Crippen LogP contribution >= 0.6 is 0 Å². The van der Waals surface area contributed by atoms with Gasteiger partial charge in [0, 0.05) is 19.4 Å². The summed E-state index contributed by atoms with van der Waals surface area (Å²) in [6.07, 6.45) is 7.05. The highest BCUT2D eigenvalue weighted by Crippen LogP contribution is 2.41. The molecule has 2 heterocycles. The van der Waals surface area contributed by atoms with Crippen molar-refractivity contribution in [2.75, 3.05) is 12.4 Å². The van der Waals surface area contributed by atoms with E-state index in [0.29, 0.717) is 11.9 Å². The second-order valence-corrected chi connectivity index (χ2v) is 4.91. The monoisotopic (exact) mass is 277 g/mol. The number of hydrogen-bond donors (Lipinski definition) is 1. The molecule has 0 aromatic carbocycles. The first kappa shape index (κ1) is 12.8. The zero-order valence-electron chi connectivity index (χ0n) is 11.4. The molecule has 1 saturated carbocycles. The minimum atomic E-state index is -0.571. The highest BCUT2D eigenvalue weighted by atomic mass is 19.1. The molecule has 0 amide bonds. The van der Waals surface area contributed by atoms with Gasteiger partial charge in [-0.15, -0.1) is 0 Å². The lowest BCUT2D eigenvalue weighted by atomic mass is 10.2. The quantitative estimate of drug-likeness (QED) is 0.904. The zero-order chi connectivity index (χ0) is 14.1. The van der Waals surface area contributed by atoms with Gasteiger partial charge in [0.25, 0.3) is 5.88 Å². The van der Waals surface area contributed by atoms with E-state index in [2.05, 4.69) is 20.3 Å². The Morgan fingerprint density at radius 3 is 2.85 bits per heavy atom. The van der Waals surface area contributed by atoms with E-state index in [1.165, 1.54) is 7.11 Å². The van der Waals surface area contributed by atoms with E-state index in [9.17, 15) is 4.39 Å². The highest BCUT2D eigenvalue weighted by Gasteiger charge is 2.35. The third-order valence-corrected chi connectivity index (χ3v) is 3.42. The Balaban J connectivity index is 1.85. The van der Waals surface area contributed by atoms with Crippen molar-refractivity contribution in [2.24, 2.45) is 13.0 Å². The number of halogens is 1. The van der Waals surface area contributed by atoms with Crippen LogP contribution < -0.4 is 10.1 Å². The topological polar surface area (TPSA) is 64.9 Å². The number of ether oxygens (including phenoxy) is 1. The molecule has 20 heavy (non-hydrogen) atoms. The van der Waals surface area contributed by atoms with Gasteiger partial charge in [0.1, 0.15) is 5.82 Å². The number of imidazole rings is 1. The Hall–Kier alpha value is -2.18. The summed E-state index contributed by atoms with van der Waals surface area (Å²) in [5.74, 6) is 1.16. The molecule has 0 saturated heterocycles. The summed E-state index contributed by atoms with van der Waals surface area (Å²) in [5, 5.41) is 3.23. The van der Waals surface area contributed by atoms with Crippen molar-refractivity contribution in [3.05, 3.63) is 30.2 Å². The second-order valence-electron chi connectivity index (χ2n) is 4.91. The Kier molecular flexibility index (Phi) is 3.25. The molecule has 6 nitrogen and oxygen atoms in total. The molecule has 106 valence electrons. The first-order valence-electron chi connectivity index (χ1n) is 6.49. The number of aromatic nitrogens is 4. The van der Waals surface area contributed by atoms with Crippen molar-refractivity contribution in [2.45, 2.75) is 18.9 Å². The van der Waals surface area contributed by atoms with Crippen molar-refractivity contribution in [3.8, 4) is 5.88 Å². The molecule has 0 radical (unpaired) electrons. The van der Waals surface area contributed by atoms with E-state index < -0.39 is 5.82 Å². The van der Waals surface area contributed by atoms with Crippen molar-refractivity contribution in [3.63, 3.8) is 0 Å². The fraction of sp³-hybridized carbons (Fsp3) is 0.462. The predicted octanol–water partition coefficient (Wildman–Crippen LogP) is 1.92. The highest BCUT2D eigenvalue weighted by molar-refractivity contribution is 5.32. The van der Waals surface area contributed by atoms with Crippen LogP contribution in [-0.4, -0.2) is 26.6 Å². The Morgan fingerprint density at radius 2 is 2.25 bits per heavy atom. The lowest BCUT2D eigenvalue weighted by Gasteiger charge is -2.18. The molecule has 2 aromatic rings. The third kappa shape index (κ3) is 2.43. The maximum absolute atomic E-state index is 13.3. The van der Waals surface area contributed by atoms with E-state index in [1.807, 2.05) is 17.8 Å². The third-order valence-electron chi connectivity index (χ3n) is 3.42. The summed E-state index contributed by atoms with van der Waals surface area (Å²) >= 11 is 0. The van der Waals surface area contributed by atoms with Crippen LogP contribution in [0.1, 0.15) is 24.7 Å². The van der Waals surface area contributed by atoms with Gasteiger partial charge < -0.3 is 14.6 Å². The molecule has 1 atom stereocenters. The molecule has 2 aromatic heterocycles. The van der Waals surface area contributed by atoms with Gasteiger partial charge in [-0.2, -0.15) is 9.37 Å². The minimum Gasteiger partial charge on any atom is -0.479 e. The van der Waals surface area contributed by atoms with Crippen LogP contribution in [-0.2, 0) is 7.05 Å². The number of nitrogens with zero attached hydrogens (tertiary/aromatic N) is 4. The van der Waals surface area contributed by atoms with E-state index >= 15 is 0 Å². The predicted molar refractivity (Wildman–Crippen MR) is 70.8 cm³/mol. The van der Waals surface area contributed by atoms with E-state index in [4.69, 9.17) is 4.74 Å². The normalized spacial score (nSPS) is 15.9. The molecule has 1 N–H and O–H groups in total. The lowest BCUT2D eigenvalue weighted by Crippen LogP contribution is -2.19. The van der Waals surface area contributed by atoms with Crippen molar-refractivity contribution in [1.29, 1.82) is 0 Å². The number of hydrogen-bond acceptors (Lipinski definition) is 5. The summed E-state index contributed by atoms with van der Waals surface area (Å²) < 4.78 is 20.2. The van der Waals surface area contributed by atoms with Gasteiger partial charge in [-0.05, 0) is 18.8 Å². The standard InChI is InChI=1S/C13H16FN5O/c1-19-6-5-15-11(19)10(8-3-4-8)17-13-16-7-9(14)12(18-13)20-2/h5-8,10H,3-4H2,1-2H3,(H,16,17,18). The zero-order valence-corrected chi connectivity index (χ0v) is 11.4. The van der Waals surface area contributed by atoms with Gasteiger partial charge in [-0.3, -0.25) is 0 Å². The average molecular weight is 277 g/mol. The van der Waals surface area contributed by atoms with Crippen LogP contribution in [0, 0.1) is 11.7 Å². The Labute approximate surface area is 116 Å². The smallest absolute Gasteiger partial charge is 0.255 e. The molecule has 3 rings (SSSR count). The number of nitrogens with one attached hydrogen (secondary N) is 1. The largest absolute Gasteiger partial charge is 0.479 e. The molecule has 0 aliphatic heterocycles. The maximum atomic E-state index is 13.3. The lowest BCUT2D eigenvalue weighted by molar-refractivity contribution is 0.367. The second kappa shape index (κ2) is 5.07. The van der Waals surface area contributed by atoms with Crippen molar-refractivity contribution in [1.82, 2.24) is 19.5 Å². The fourth-order valence-corrected chi connectivity index (χ4v) is 2.20. The van der Waals surface area contributed by atoms with Crippen LogP contribution in [0.2, 0.25) is 0 Å². The molecular weight excluding hydrogens is 261 g/mol. The molecule has 1 aliphatic rings. The molecule has 1 aliphatic carbocycles. The van der Waals surface area contributed by atoms with Gasteiger partial charge in [0.05, 0.1) is 19.3 Å². The number of methoxy groups -OCH3 is 1. The van der Waals surface area contributed by atoms with E-state index in [0.717, 1.165) is 24.9 Å². The maximum Gasteiger partial charge on any atom is 0.255 e. The molecule has 1 unspecified atom stereocenters. The number of aryl methyl sites for hydroxylation is 1. The van der Waals surface area contributed by atoms with Gasteiger partial charge in [-0.25, -0.2) is 9.97 Å². The Morgan fingerprint density at radius 1 is 1.45 bits per heavy atom. The van der Waals surface area contributed by atoms with Crippen LogP contribution in [0.3, 0.4) is 0 Å². The van der Waals surface area contributed by atoms with E-state index in [1.54, 1.807) is 6.20 Å². The van der Waals surface area contributed by atoms with Crippen LogP contribution in [0.4, 0.5) is 10.3 Å². The minimum absolute atomic E-state index is 0.0326. The van der Waals surface area contributed by atoms with Gasteiger partial charge in [0.15, 0.2) is 0 Å². The van der Waals surface area contributed by atoms with Crippen molar-refractivity contribution < 1.29 is 9.13 Å². The number of rotatable bonds is 5. The van der Waals surface area contributed by atoms with Gasteiger partial charge >= 0.3 is 0 Å². The summed E-state index contributed by atoms with van der Waals surface area (Å²) in [4.78, 5) is 12.4. The van der Waals surface area contributed by atoms with Crippen LogP contribution in [0.25, 0.3) is 0 Å². The summed E-state index contributed by atoms with van der Waals surface area (Å²) in [6, 6.07) is 0.0326. The summed E-state index contributed by atoms with van der Waals surface area (Å²) in [6.45, 7) is 0. The molecule has 0 spiro atoms. The first-order chi connectivity index (χ1) is 9.69. The van der Waals surface area contributed by atoms with Crippen molar-refractivity contribution >= 4 is 5.95 Å². The summed E-state index contributed by atoms with van der Waals surface area (Å²) in [5.41, 5.74) is 0. The molecule has 1 fully saturated rings. The first-order valence-corrected chi connectivity index (χ1v) is 6.49. The van der Waals surface area contributed by atoms with E-state index in [-0.39, 0.29) is 11.9 Å². The van der Waals surface area contributed by atoms with Gasteiger partial charge in [-0.1, -0.05) is 0 Å². The SMILES string of the molecule is COc1nc(NC(c2nccn2C)C2CC2)ncc1F. The average Bonchev–Trinajstić information content (AvgIpc) is 3.20. The van der Waals surface area contributed by atoms with Crippen LogP contribution in [0.5, 0.6) is 5.88 Å². The Bertz CT molecular complexity index is 611. The fourth-order valence-electron chi connectivity index (χ4n) is 2.20. The van der Waals surface area contributed by atoms with Crippen LogP contribution in [0.15, 0.2) is 18.6 Å². The molecular formula is C13H16FN5O. The molecule has 7 heteroatoms. The molecule has 0 bridgehead atoms. The van der Waals surface area contributed by atoms with Gasteiger partial charge in [0.2, 0.25) is 11.8 Å². The number of anilines is 1. The summed E-state index contributed by atoms with van der Waals surface area (Å²) in [7, 11) is 3.33.